The number of Topliss-reactive ketones (excluding diaryl/α,β-unsaturated/α-hetero) is 2. The van der Waals surface area contributed by atoms with Crippen molar-refractivity contribution < 1.29 is 19.5 Å². The fourth-order valence-corrected chi connectivity index (χ4v) is 6.54. The van der Waals surface area contributed by atoms with Crippen molar-refractivity contribution in [3.8, 4) is 0 Å². The van der Waals surface area contributed by atoms with E-state index in [0.717, 1.165) is 44.8 Å². The number of carbonyl (C=O) groups excluding carboxylic acids is 2. The van der Waals surface area contributed by atoms with E-state index >= 15 is 0 Å². The third-order valence-corrected chi connectivity index (χ3v) is 9.14. The number of hydrogen-bond donors (Lipinski definition) is 1. The third kappa shape index (κ3) is 5.06. The molecule has 0 unspecified atom stereocenters. The molecule has 0 fully saturated rings. The van der Waals surface area contributed by atoms with Crippen LogP contribution in [0.15, 0.2) is 127 Å². The van der Waals surface area contributed by atoms with Gasteiger partial charge in [0, 0.05) is 34.5 Å². The molecule has 5 heteroatoms. The van der Waals surface area contributed by atoms with Gasteiger partial charge in [0.05, 0.1) is 11.1 Å². The van der Waals surface area contributed by atoms with Crippen molar-refractivity contribution in [2.45, 2.75) is 25.8 Å². The van der Waals surface area contributed by atoms with Crippen LogP contribution in [-0.4, -0.2) is 28.7 Å². The molecule has 0 saturated carbocycles. The summed E-state index contributed by atoms with van der Waals surface area (Å²) in [6.07, 6.45) is 3.86. The lowest BCUT2D eigenvalue weighted by atomic mass is 9.95. The maximum absolute atomic E-state index is 13.1. The Kier molecular flexibility index (Phi) is 7.30. The number of carboxylic acids is 1. The molecule has 0 spiro atoms. The van der Waals surface area contributed by atoms with Gasteiger partial charge >= 0.3 is 5.97 Å². The van der Waals surface area contributed by atoms with E-state index < -0.39 is 11.8 Å². The van der Waals surface area contributed by atoms with Gasteiger partial charge in [-0.15, -0.1) is 0 Å². The minimum Gasteiger partial charge on any atom is -0.478 e. The summed E-state index contributed by atoms with van der Waals surface area (Å²) in [7, 11) is 0. The molecular weight excluding hydrogens is 570 g/mol. The SMILES string of the molecule is C[C@H]1c2cc(/C=C3\C(=O)c4ccc(C(=O)O)cc4C3=O)ccc2N(c2ccc(C=C(c3ccccc3)c3ccccc3)cc2)[C@H]1C. The molecule has 1 aliphatic carbocycles. The van der Waals surface area contributed by atoms with Crippen LogP contribution >= 0.6 is 0 Å². The highest BCUT2D eigenvalue weighted by molar-refractivity contribution is 6.41. The molecule has 1 heterocycles. The van der Waals surface area contributed by atoms with Gasteiger partial charge in [-0.1, -0.05) is 85.8 Å². The summed E-state index contributed by atoms with van der Waals surface area (Å²) >= 11 is 0. The van der Waals surface area contributed by atoms with Crippen molar-refractivity contribution >= 4 is 46.6 Å². The molecular formula is C41H31NO4. The van der Waals surface area contributed by atoms with Crippen LogP contribution in [0.2, 0.25) is 0 Å². The minimum absolute atomic E-state index is 0.0153. The van der Waals surface area contributed by atoms with Crippen molar-refractivity contribution in [3.63, 3.8) is 0 Å². The quantitative estimate of drug-likeness (QED) is 0.119. The van der Waals surface area contributed by atoms with Crippen LogP contribution in [-0.2, 0) is 0 Å². The van der Waals surface area contributed by atoms with Gasteiger partial charge in [-0.25, -0.2) is 4.79 Å². The molecule has 5 aromatic carbocycles. The lowest BCUT2D eigenvalue weighted by Gasteiger charge is -2.26. The number of allylic oxidation sites excluding steroid dienone is 1. The van der Waals surface area contributed by atoms with Gasteiger partial charge in [0.1, 0.15) is 0 Å². The largest absolute Gasteiger partial charge is 0.478 e. The van der Waals surface area contributed by atoms with Crippen LogP contribution in [0.5, 0.6) is 0 Å². The van der Waals surface area contributed by atoms with Crippen LogP contribution in [0.1, 0.15) is 78.7 Å². The van der Waals surface area contributed by atoms with E-state index in [0.29, 0.717) is 0 Å². The molecule has 0 radical (unpaired) electrons. The first-order chi connectivity index (χ1) is 22.3. The lowest BCUT2D eigenvalue weighted by Crippen LogP contribution is -2.25. The average molecular weight is 602 g/mol. The van der Waals surface area contributed by atoms with Gasteiger partial charge in [-0.2, -0.15) is 0 Å². The predicted molar refractivity (Wildman–Crippen MR) is 183 cm³/mol. The van der Waals surface area contributed by atoms with Gasteiger partial charge in [0.2, 0.25) is 0 Å². The highest BCUT2D eigenvalue weighted by Gasteiger charge is 2.36. The molecule has 0 saturated heterocycles. The highest BCUT2D eigenvalue weighted by atomic mass is 16.4. The summed E-state index contributed by atoms with van der Waals surface area (Å²) in [4.78, 5) is 40.0. The molecule has 224 valence electrons. The van der Waals surface area contributed by atoms with Crippen LogP contribution in [0.3, 0.4) is 0 Å². The van der Waals surface area contributed by atoms with Crippen molar-refractivity contribution in [1.29, 1.82) is 0 Å². The number of rotatable bonds is 6. The molecule has 2 atom stereocenters. The minimum atomic E-state index is -1.14. The van der Waals surface area contributed by atoms with Crippen molar-refractivity contribution in [1.82, 2.24) is 0 Å². The van der Waals surface area contributed by atoms with Gasteiger partial charge in [0.25, 0.3) is 0 Å². The number of ketones is 2. The van der Waals surface area contributed by atoms with E-state index in [9.17, 15) is 19.5 Å². The molecule has 2 aliphatic rings. The second-order valence-corrected chi connectivity index (χ2v) is 11.9. The first-order valence-corrected chi connectivity index (χ1v) is 15.3. The van der Waals surface area contributed by atoms with Crippen molar-refractivity contribution in [3.05, 3.63) is 171 Å². The van der Waals surface area contributed by atoms with Crippen molar-refractivity contribution in [2.75, 3.05) is 4.90 Å². The molecule has 1 N–H and O–H groups in total. The van der Waals surface area contributed by atoms with Crippen LogP contribution in [0.4, 0.5) is 11.4 Å². The summed E-state index contributed by atoms with van der Waals surface area (Å²) in [5.74, 6) is -1.75. The fourth-order valence-electron chi connectivity index (χ4n) is 6.54. The number of nitrogens with zero attached hydrogens (tertiary/aromatic N) is 1. The highest BCUT2D eigenvalue weighted by Crippen LogP contribution is 2.46. The summed E-state index contributed by atoms with van der Waals surface area (Å²) < 4.78 is 0. The van der Waals surface area contributed by atoms with Crippen LogP contribution < -0.4 is 4.90 Å². The van der Waals surface area contributed by atoms with Gasteiger partial charge < -0.3 is 10.0 Å². The molecule has 1 aliphatic heterocycles. The van der Waals surface area contributed by atoms with Crippen LogP contribution in [0.25, 0.3) is 17.7 Å². The maximum Gasteiger partial charge on any atom is 0.335 e. The molecule has 0 bridgehead atoms. The number of anilines is 2. The van der Waals surface area contributed by atoms with E-state index in [1.165, 1.54) is 18.2 Å². The number of fused-ring (bicyclic) bond motifs is 2. The summed E-state index contributed by atoms with van der Waals surface area (Å²) in [6.45, 7) is 4.40. The Hall–Kier alpha value is -5.81. The lowest BCUT2D eigenvalue weighted by molar-refractivity contribution is 0.0696. The number of hydrogen-bond acceptors (Lipinski definition) is 4. The zero-order valence-electron chi connectivity index (χ0n) is 25.5. The summed E-state index contributed by atoms with van der Waals surface area (Å²) in [5, 5.41) is 9.33. The summed E-state index contributed by atoms with van der Waals surface area (Å²) in [6, 6.07) is 39.8. The third-order valence-electron chi connectivity index (χ3n) is 9.14. The number of aromatic carboxylic acids is 1. The van der Waals surface area contributed by atoms with E-state index in [1.807, 2.05) is 18.2 Å². The smallest absolute Gasteiger partial charge is 0.335 e. The van der Waals surface area contributed by atoms with E-state index in [-0.39, 0.29) is 40.0 Å². The van der Waals surface area contributed by atoms with E-state index in [1.54, 1.807) is 6.08 Å². The van der Waals surface area contributed by atoms with Gasteiger partial charge in [-0.3, -0.25) is 9.59 Å². The monoisotopic (exact) mass is 601 g/mol. The molecule has 7 rings (SSSR count). The average Bonchev–Trinajstić information content (AvgIpc) is 3.48. The normalized spacial score (nSPS) is 17.6. The molecule has 5 nitrogen and oxygen atoms in total. The number of carbonyl (C=O) groups is 3. The first kappa shape index (κ1) is 28.9. The zero-order valence-corrected chi connectivity index (χ0v) is 25.5. The Morgan fingerprint density at radius 1 is 0.674 bits per heavy atom. The molecule has 0 aromatic heterocycles. The predicted octanol–water partition coefficient (Wildman–Crippen LogP) is 9.08. The summed E-state index contributed by atoms with van der Waals surface area (Å²) in [5.41, 5.74) is 9.11. The van der Waals surface area contributed by atoms with Gasteiger partial charge in [0.15, 0.2) is 11.6 Å². The number of carboxylic acid groups (broad SMARTS) is 1. The Labute approximate surface area is 267 Å². The van der Waals surface area contributed by atoms with Crippen LogP contribution in [0, 0.1) is 0 Å². The van der Waals surface area contributed by atoms with E-state index in [4.69, 9.17) is 0 Å². The topological polar surface area (TPSA) is 74.7 Å². The fraction of sp³-hybridized carbons (Fsp3) is 0.0976. The van der Waals surface area contributed by atoms with Crippen molar-refractivity contribution in [2.24, 2.45) is 0 Å². The zero-order chi connectivity index (χ0) is 31.9. The second-order valence-electron chi connectivity index (χ2n) is 11.9. The molecule has 46 heavy (non-hydrogen) atoms. The Morgan fingerprint density at radius 3 is 1.91 bits per heavy atom. The van der Waals surface area contributed by atoms with Gasteiger partial charge in [-0.05, 0) is 94.9 Å². The molecule has 5 aromatic rings. The van der Waals surface area contributed by atoms with E-state index in [2.05, 4.69) is 110 Å². The standard InChI is InChI=1S/C41H31NO4/c1-25-26(2)42(32-17-13-27(14-18-32)21-35(29-9-5-3-6-10-29)30-11-7-4-8-12-30)38-20-15-28(22-34(25)38)23-37-39(43)33-19-16-31(41(45)46)24-36(33)40(37)44/h3-26H,1-2H3,(H,45,46)/b37-23+/t25-,26+/m1/s1. The Bertz CT molecular complexity index is 2030. The maximum atomic E-state index is 13.1. The molecule has 0 amide bonds. The Morgan fingerprint density at radius 2 is 1.28 bits per heavy atom. The second kappa shape index (κ2) is 11.6. The number of benzene rings is 5. The Balaban J connectivity index is 1.18. The first-order valence-electron chi connectivity index (χ1n) is 15.3.